The summed E-state index contributed by atoms with van der Waals surface area (Å²) in [5.74, 6) is 0. The molecule has 2 rings (SSSR count). The van der Waals surface area contributed by atoms with E-state index in [1.807, 2.05) is 0 Å². The van der Waals surface area contributed by atoms with Gasteiger partial charge in [0, 0.05) is 9.52 Å². The third kappa shape index (κ3) is 3.82. The van der Waals surface area contributed by atoms with Gasteiger partial charge in [-0.05, 0) is 36.3 Å². The highest BCUT2D eigenvalue weighted by Crippen LogP contribution is 2.45. The normalized spacial score (nSPS) is 29.6. The Hall–Kier alpha value is -0.823. The Balaban J connectivity index is 2.01. The van der Waals surface area contributed by atoms with Crippen LogP contribution >= 0.6 is 0 Å². The minimum absolute atomic E-state index is 0.144. The minimum atomic E-state index is -0.144. The molecule has 0 saturated heterocycles. The SMILES string of the molecule is CCCCC1=CC=CC1[SiH2]C1(CCC)C=CC=CC1. The van der Waals surface area contributed by atoms with Crippen molar-refractivity contribution in [1.29, 1.82) is 0 Å². The lowest BCUT2D eigenvalue weighted by Gasteiger charge is -2.33. The summed E-state index contributed by atoms with van der Waals surface area (Å²) in [7, 11) is -0.144. The van der Waals surface area contributed by atoms with Gasteiger partial charge in [0.15, 0.2) is 0 Å². The van der Waals surface area contributed by atoms with Crippen LogP contribution in [0.3, 0.4) is 0 Å². The van der Waals surface area contributed by atoms with Crippen molar-refractivity contribution in [3.8, 4) is 0 Å². The third-order valence-electron chi connectivity index (χ3n) is 4.54. The number of rotatable bonds is 7. The van der Waals surface area contributed by atoms with Crippen LogP contribution in [0.5, 0.6) is 0 Å². The van der Waals surface area contributed by atoms with Gasteiger partial charge >= 0.3 is 0 Å². The van der Waals surface area contributed by atoms with Crippen LogP contribution in [0.1, 0.15) is 52.4 Å². The highest BCUT2D eigenvalue weighted by molar-refractivity contribution is 6.45. The molecule has 2 atom stereocenters. The maximum atomic E-state index is 2.53. The predicted molar refractivity (Wildman–Crippen MR) is 89.5 cm³/mol. The predicted octanol–water partition coefficient (Wildman–Crippen LogP) is 5.11. The van der Waals surface area contributed by atoms with Crippen LogP contribution in [0.15, 0.2) is 48.1 Å². The van der Waals surface area contributed by atoms with E-state index in [1.165, 1.54) is 38.5 Å². The lowest BCUT2D eigenvalue weighted by molar-refractivity contribution is 0.595. The smallest absolute Gasteiger partial charge is 0.0450 e. The number of allylic oxidation sites excluding steroid dienone is 8. The van der Waals surface area contributed by atoms with Crippen molar-refractivity contribution in [1.82, 2.24) is 0 Å². The average Bonchev–Trinajstić information content (AvgIpc) is 2.84. The second-order valence-electron chi connectivity index (χ2n) is 6.14. The minimum Gasteiger partial charge on any atom is -0.0840 e. The van der Waals surface area contributed by atoms with Gasteiger partial charge in [0.1, 0.15) is 0 Å². The fraction of sp³-hybridized carbons (Fsp3) is 0.556. The van der Waals surface area contributed by atoms with Gasteiger partial charge in [0.25, 0.3) is 0 Å². The molecule has 2 aliphatic carbocycles. The van der Waals surface area contributed by atoms with E-state index in [4.69, 9.17) is 0 Å². The van der Waals surface area contributed by atoms with Crippen molar-refractivity contribution in [2.75, 3.05) is 0 Å². The molecule has 2 unspecified atom stereocenters. The molecular weight excluding hydrogens is 244 g/mol. The summed E-state index contributed by atoms with van der Waals surface area (Å²) in [5, 5.41) is 0.550. The lowest BCUT2D eigenvalue weighted by Crippen LogP contribution is -2.23. The second kappa shape index (κ2) is 7.09. The molecule has 0 saturated carbocycles. The Bertz CT molecular complexity index is 400. The second-order valence-corrected chi connectivity index (χ2v) is 8.84. The summed E-state index contributed by atoms with van der Waals surface area (Å²) in [6.07, 6.45) is 24.6. The summed E-state index contributed by atoms with van der Waals surface area (Å²) >= 11 is 0. The highest BCUT2D eigenvalue weighted by atomic mass is 28.2. The molecule has 19 heavy (non-hydrogen) atoms. The molecule has 0 bridgehead atoms. The number of hydrogen-bond donors (Lipinski definition) is 0. The molecule has 0 N–H and O–H groups in total. The fourth-order valence-electron chi connectivity index (χ4n) is 3.49. The number of hydrogen-bond acceptors (Lipinski definition) is 0. The first-order chi connectivity index (χ1) is 9.29. The van der Waals surface area contributed by atoms with Crippen molar-refractivity contribution in [3.63, 3.8) is 0 Å². The van der Waals surface area contributed by atoms with E-state index in [0.717, 1.165) is 5.54 Å². The van der Waals surface area contributed by atoms with Crippen LogP contribution in [-0.2, 0) is 0 Å². The van der Waals surface area contributed by atoms with E-state index in [2.05, 4.69) is 56.4 Å². The van der Waals surface area contributed by atoms with Crippen LogP contribution in [0.25, 0.3) is 0 Å². The molecule has 0 radical (unpaired) electrons. The van der Waals surface area contributed by atoms with Crippen LogP contribution in [0.2, 0.25) is 10.6 Å². The first kappa shape index (κ1) is 14.6. The summed E-state index contributed by atoms with van der Waals surface area (Å²) in [4.78, 5) is 0. The Kier molecular flexibility index (Phi) is 5.44. The highest BCUT2D eigenvalue weighted by Gasteiger charge is 2.31. The maximum absolute atomic E-state index is 2.53. The largest absolute Gasteiger partial charge is 0.0840 e. The molecule has 1 heteroatoms. The zero-order valence-corrected chi connectivity index (χ0v) is 14.0. The molecule has 0 aromatic carbocycles. The monoisotopic (exact) mass is 272 g/mol. The van der Waals surface area contributed by atoms with Gasteiger partial charge in [-0.3, -0.25) is 0 Å². The molecule has 0 aliphatic heterocycles. The van der Waals surface area contributed by atoms with E-state index < -0.39 is 0 Å². The zero-order chi connectivity index (χ0) is 13.6. The fourth-order valence-corrected chi connectivity index (χ4v) is 6.43. The van der Waals surface area contributed by atoms with Crippen LogP contribution in [0.4, 0.5) is 0 Å². The van der Waals surface area contributed by atoms with Crippen LogP contribution < -0.4 is 0 Å². The van der Waals surface area contributed by atoms with Gasteiger partial charge in [0.2, 0.25) is 0 Å². The van der Waals surface area contributed by atoms with Crippen LogP contribution in [0, 0.1) is 0 Å². The molecule has 0 amide bonds. The standard InChI is InChI=1S/C18H28Si/c1-3-5-10-16-11-9-12-17(16)19-18(13-4-2)14-7-6-8-15-18/h6-9,11-12,14,17H,3-5,10,13,15,19H2,1-2H3. The van der Waals surface area contributed by atoms with Gasteiger partial charge in [-0.1, -0.05) is 74.8 Å². The van der Waals surface area contributed by atoms with Gasteiger partial charge < -0.3 is 0 Å². The molecule has 0 fully saturated rings. The van der Waals surface area contributed by atoms with E-state index in [0.29, 0.717) is 5.04 Å². The van der Waals surface area contributed by atoms with Crippen molar-refractivity contribution in [2.45, 2.75) is 63.0 Å². The summed E-state index contributed by atoms with van der Waals surface area (Å²) in [5.41, 5.74) is 2.56. The van der Waals surface area contributed by atoms with E-state index in [9.17, 15) is 0 Å². The van der Waals surface area contributed by atoms with Gasteiger partial charge in [0.05, 0.1) is 0 Å². The molecule has 0 aromatic rings. The summed E-state index contributed by atoms with van der Waals surface area (Å²) in [6, 6.07) is 0. The molecule has 0 heterocycles. The van der Waals surface area contributed by atoms with Crippen molar-refractivity contribution >= 4 is 9.52 Å². The third-order valence-corrected chi connectivity index (χ3v) is 7.47. The average molecular weight is 273 g/mol. The van der Waals surface area contributed by atoms with Gasteiger partial charge in [-0.2, -0.15) is 0 Å². The Morgan fingerprint density at radius 2 is 2.11 bits per heavy atom. The summed E-state index contributed by atoms with van der Waals surface area (Å²) < 4.78 is 0. The molecule has 2 aliphatic rings. The van der Waals surface area contributed by atoms with Crippen molar-refractivity contribution in [2.24, 2.45) is 0 Å². The number of unbranched alkanes of at least 4 members (excludes halogenated alkanes) is 1. The van der Waals surface area contributed by atoms with Gasteiger partial charge in [-0.15, -0.1) is 0 Å². The zero-order valence-electron chi connectivity index (χ0n) is 12.6. The Morgan fingerprint density at radius 1 is 1.21 bits per heavy atom. The maximum Gasteiger partial charge on any atom is 0.0450 e. The van der Waals surface area contributed by atoms with E-state index in [-0.39, 0.29) is 9.52 Å². The first-order valence-corrected chi connectivity index (χ1v) is 9.53. The van der Waals surface area contributed by atoms with Crippen molar-refractivity contribution < 1.29 is 0 Å². The first-order valence-electron chi connectivity index (χ1n) is 8.01. The Labute approximate surface area is 121 Å². The molecule has 104 valence electrons. The Morgan fingerprint density at radius 3 is 2.79 bits per heavy atom. The van der Waals surface area contributed by atoms with Crippen LogP contribution in [-0.4, -0.2) is 9.52 Å². The molecule has 0 nitrogen and oxygen atoms in total. The summed E-state index contributed by atoms with van der Waals surface area (Å²) in [6.45, 7) is 4.63. The van der Waals surface area contributed by atoms with Crippen molar-refractivity contribution in [3.05, 3.63) is 48.1 Å². The molecule has 0 aromatic heterocycles. The van der Waals surface area contributed by atoms with E-state index >= 15 is 0 Å². The molecule has 0 spiro atoms. The van der Waals surface area contributed by atoms with E-state index in [1.54, 1.807) is 5.57 Å². The van der Waals surface area contributed by atoms with Gasteiger partial charge in [-0.25, -0.2) is 0 Å². The lowest BCUT2D eigenvalue weighted by atomic mass is 9.94. The quantitative estimate of drug-likeness (QED) is 0.565. The topological polar surface area (TPSA) is 0 Å². The molecular formula is C18H28Si.